The van der Waals surface area contributed by atoms with Crippen LogP contribution in [0.4, 0.5) is 0 Å². The summed E-state index contributed by atoms with van der Waals surface area (Å²) in [5, 5.41) is 9.08. The van der Waals surface area contributed by atoms with E-state index in [1.165, 1.54) is 6.92 Å². The third-order valence-electron chi connectivity index (χ3n) is 2.24. The summed E-state index contributed by atoms with van der Waals surface area (Å²) in [6, 6.07) is 8.36. The molecular weight excluding hydrogens is 248 g/mol. The van der Waals surface area contributed by atoms with Crippen LogP contribution in [0, 0.1) is 0 Å². The van der Waals surface area contributed by atoms with Gasteiger partial charge in [0.1, 0.15) is 6.61 Å². The van der Waals surface area contributed by atoms with E-state index in [0.29, 0.717) is 5.56 Å². The molecule has 0 saturated carbocycles. The smallest absolute Gasteiger partial charge is 0.338 e. The molecule has 0 bridgehead atoms. The molecule has 1 aromatic rings. The molecule has 5 heteroatoms. The predicted molar refractivity (Wildman–Crippen MR) is 68.5 cm³/mol. The minimum absolute atomic E-state index is 0.208. The Balaban J connectivity index is 2.51. The maximum absolute atomic E-state index is 11.7. The van der Waals surface area contributed by atoms with E-state index in [1.807, 2.05) is 0 Å². The minimum Gasteiger partial charge on any atom is -0.458 e. The van der Waals surface area contributed by atoms with Gasteiger partial charge in [0, 0.05) is 5.57 Å². The van der Waals surface area contributed by atoms with Gasteiger partial charge in [0.2, 0.25) is 0 Å². The van der Waals surface area contributed by atoms with Crippen molar-refractivity contribution >= 4 is 11.9 Å². The van der Waals surface area contributed by atoms with E-state index in [0.717, 1.165) is 0 Å². The van der Waals surface area contributed by atoms with E-state index in [-0.39, 0.29) is 12.2 Å². The molecule has 0 heterocycles. The quantitative estimate of drug-likeness (QED) is 0.619. The summed E-state index contributed by atoms with van der Waals surface area (Å²) < 4.78 is 9.84. The zero-order chi connectivity index (χ0) is 14.3. The van der Waals surface area contributed by atoms with Crippen LogP contribution in [0.5, 0.6) is 0 Å². The van der Waals surface area contributed by atoms with Gasteiger partial charge in [0.25, 0.3) is 0 Å². The van der Waals surface area contributed by atoms with Gasteiger partial charge in [0.05, 0.1) is 12.2 Å². The fraction of sp³-hybridized carbons (Fsp3) is 0.286. The molecule has 0 fully saturated rings. The van der Waals surface area contributed by atoms with Crippen LogP contribution in [-0.4, -0.2) is 36.4 Å². The Kier molecular flexibility index (Phi) is 5.75. The molecule has 1 N–H and O–H groups in total. The van der Waals surface area contributed by atoms with Crippen molar-refractivity contribution < 1.29 is 24.2 Å². The van der Waals surface area contributed by atoms with Crippen molar-refractivity contribution in [1.82, 2.24) is 0 Å². The Morgan fingerprint density at radius 2 is 1.95 bits per heavy atom. The first kappa shape index (κ1) is 14.9. The van der Waals surface area contributed by atoms with E-state index in [9.17, 15) is 9.59 Å². The van der Waals surface area contributed by atoms with Crippen LogP contribution in [0.15, 0.2) is 42.5 Å². The van der Waals surface area contributed by atoms with Crippen LogP contribution in [-0.2, 0) is 14.3 Å². The third kappa shape index (κ3) is 4.93. The van der Waals surface area contributed by atoms with Crippen LogP contribution in [0.2, 0.25) is 0 Å². The van der Waals surface area contributed by atoms with Crippen molar-refractivity contribution in [2.45, 2.75) is 13.0 Å². The third-order valence-corrected chi connectivity index (χ3v) is 2.24. The van der Waals surface area contributed by atoms with Gasteiger partial charge in [-0.15, -0.1) is 0 Å². The van der Waals surface area contributed by atoms with Crippen molar-refractivity contribution in [3.63, 3.8) is 0 Å². The number of benzene rings is 1. The standard InChI is InChI=1S/C14H16O5/c1-10(2)13(16)18-9-12(8-15)19-14(17)11-6-4-3-5-7-11/h3-7,12,15H,1,8-9H2,2H3. The first-order chi connectivity index (χ1) is 9.04. The second kappa shape index (κ2) is 7.33. The number of ether oxygens (including phenoxy) is 2. The Hall–Kier alpha value is -2.14. The lowest BCUT2D eigenvalue weighted by Crippen LogP contribution is -2.28. The summed E-state index contributed by atoms with van der Waals surface area (Å²) in [5.41, 5.74) is 0.609. The molecule has 1 rings (SSSR count). The number of rotatable bonds is 6. The first-order valence-corrected chi connectivity index (χ1v) is 5.74. The summed E-state index contributed by atoms with van der Waals surface area (Å²) in [5.74, 6) is -1.17. The number of aliphatic hydroxyl groups excluding tert-OH is 1. The van der Waals surface area contributed by atoms with Gasteiger partial charge < -0.3 is 14.6 Å². The first-order valence-electron chi connectivity index (χ1n) is 5.74. The molecule has 1 aromatic carbocycles. The van der Waals surface area contributed by atoms with Crippen molar-refractivity contribution in [3.05, 3.63) is 48.0 Å². The summed E-state index contributed by atoms with van der Waals surface area (Å²) in [6.45, 7) is 4.29. The number of aliphatic hydroxyl groups is 1. The highest BCUT2D eigenvalue weighted by atomic mass is 16.6. The molecule has 0 radical (unpaired) electrons. The molecule has 5 nitrogen and oxygen atoms in total. The van der Waals surface area contributed by atoms with Gasteiger partial charge in [-0.2, -0.15) is 0 Å². The molecule has 0 aliphatic heterocycles. The molecule has 102 valence electrons. The average molecular weight is 264 g/mol. The molecule has 0 aromatic heterocycles. The van der Waals surface area contributed by atoms with Crippen LogP contribution >= 0.6 is 0 Å². The molecular formula is C14H16O5. The van der Waals surface area contributed by atoms with Crippen LogP contribution < -0.4 is 0 Å². The van der Waals surface area contributed by atoms with Gasteiger partial charge in [-0.1, -0.05) is 24.8 Å². The fourth-order valence-corrected chi connectivity index (χ4v) is 1.21. The monoisotopic (exact) mass is 264 g/mol. The lowest BCUT2D eigenvalue weighted by molar-refractivity contribution is -0.142. The molecule has 19 heavy (non-hydrogen) atoms. The van der Waals surface area contributed by atoms with Crippen molar-refractivity contribution in [2.24, 2.45) is 0 Å². The summed E-state index contributed by atoms with van der Waals surface area (Å²) in [4.78, 5) is 22.9. The number of carbonyl (C=O) groups excluding carboxylic acids is 2. The molecule has 0 saturated heterocycles. The Morgan fingerprint density at radius 3 is 2.47 bits per heavy atom. The SMILES string of the molecule is C=C(C)C(=O)OCC(CO)OC(=O)c1ccccc1. The lowest BCUT2D eigenvalue weighted by Gasteiger charge is -2.15. The van der Waals surface area contributed by atoms with E-state index in [4.69, 9.17) is 14.6 Å². The largest absolute Gasteiger partial charge is 0.458 e. The maximum Gasteiger partial charge on any atom is 0.338 e. The molecule has 1 atom stereocenters. The van der Waals surface area contributed by atoms with E-state index in [2.05, 4.69) is 6.58 Å². The Morgan fingerprint density at radius 1 is 1.32 bits per heavy atom. The van der Waals surface area contributed by atoms with E-state index >= 15 is 0 Å². The van der Waals surface area contributed by atoms with Gasteiger partial charge in [-0.05, 0) is 19.1 Å². The molecule has 0 aliphatic carbocycles. The number of hydrogen-bond acceptors (Lipinski definition) is 5. The minimum atomic E-state index is -0.893. The molecule has 0 amide bonds. The Bertz CT molecular complexity index is 452. The summed E-state index contributed by atoms with van der Waals surface area (Å²) >= 11 is 0. The second-order valence-corrected chi connectivity index (χ2v) is 3.95. The summed E-state index contributed by atoms with van der Waals surface area (Å²) in [7, 11) is 0. The van der Waals surface area contributed by atoms with Gasteiger partial charge >= 0.3 is 11.9 Å². The van der Waals surface area contributed by atoms with Crippen molar-refractivity contribution in [3.8, 4) is 0 Å². The zero-order valence-electron chi connectivity index (χ0n) is 10.7. The Labute approximate surface area is 111 Å². The highest BCUT2D eigenvalue weighted by Crippen LogP contribution is 2.05. The van der Waals surface area contributed by atoms with Crippen molar-refractivity contribution in [2.75, 3.05) is 13.2 Å². The van der Waals surface area contributed by atoms with E-state index < -0.39 is 24.6 Å². The molecule has 1 unspecified atom stereocenters. The fourth-order valence-electron chi connectivity index (χ4n) is 1.21. The zero-order valence-corrected chi connectivity index (χ0v) is 10.7. The molecule has 0 aliphatic rings. The van der Waals surface area contributed by atoms with Gasteiger partial charge in [-0.3, -0.25) is 0 Å². The van der Waals surface area contributed by atoms with E-state index in [1.54, 1.807) is 30.3 Å². The maximum atomic E-state index is 11.7. The number of hydrogen-bond donors (Lipinski definition) is 1. The number of esters is 2. The lowest BCUT2D eigenvalue weighted by atomic mass is 10.2. The number of carbonyl (C=O) groups is 2. The topological polar surface area (TPSA) is 72.8 Å². The summed E-state index contributed by atoms with van der Waals surface area (Å²) in [6.07, 6.45) is -0.893. The van der Waals surface area contributed by atoms with Crippen LogP contribution in [0.25, 0.3) is 0 Å². The second-order valence-electron chi connectivity index (χ2n) is 3.95. The van der Waals surface area contributed by atoms with Gasteiger partial charge in [-0.25, -0.2) is 9.59 Å². The highest BCUT2D eigenvalue weighted by Gasteiger charge is 2.17. The van der Waals surface area contributed by atoms with Crippen molar-refractivity contribution in [1.29, 1.82) is 0 Å². The highest BCUT2D eigenvalue weighted by molar-refractivity contribution is 5.89. The predicted octanol–water partition coefficient (Wildman–Crippen LogP) is 1.32. The average Bonchev–Trinajstić information content (AvgIpc) is 2.43. The molecule has 0 spiro atoms. The normalized spacial score (nSPS) is 11.5. The van der Waals surface area contributed by atoms with Crippen LogP contribution in [0.1, 0.15) is 17.3 Å². The van der Waals surface area contributed by atoms with Crippen LogP contribution in [0.3, 0.4) is 0 Å². The van der Waals surface area contributed by atoms with Gasteiger partial charge in [0.15, 0.2) is 6.10 Å².